The van der Waals surface area contributed by atoms with E-state index >= 15 is 0 Å². The van der Waals surface area contributed by atoms with Crippen molar-refractivity contribution in [2.45, 2.75) is 19.1 Å². The predicted octanol–water partition coefficient (Wildman–Crippen LogP) is 1.21. The van der Waals surface area contributed by atoms with Crippen molar-refractivity contribution in [3.63, 3.8) is 0 Å². The van der Waals surface area contributed by atoms with Gasteiger partial charge in [0.15, 0.2) is 0 Å². The van der Waals surface area contributed by atoms with Crippen molar-refractivity contribution in [2.75, 3.05) is 32.7 Å². The van der Waals surface area contributed by atoms with E-state index in [1.54, 1.807) is 0 Å². The number of nitrogens with one attached hydrogen (secondary N) is 2. The zero-order valence-corrected chi connectivity index (χ0v) is 12.3. The summed E-state index contributed by atoms with van der Waals surface area (Å²) in [4.78, 5) is 14.3. The normalized spacial score (nSPS) is 25.8. The maximum atomic E-state index is 12.4. The number of carbonyl (C=O) groups excluding carboxylic acids is 1. The molecule has 0 saturated carbocycles. The van der Waals surface area contributed by atoms with E-state index in [2.05, 4.69) is 10.6 Å². The largest absolute Gasteiger partial charge is 0.445 e. The minimum atomic E-state index is -0.183. The van der Waals surface area contributed by atoms with Crippen LogP contribution in [-0.4, -0.2) is 49.8 Å². The molecule has 2 aliphatic rings. The lowest BCUT2D eigenvalue weighted by Gasteiger charge is -2.38. The predicted molar refractivity (Wildman–Crippen MR) is 81.0 cm³/mol. The number of benzene rings is 1. The van der Waals surface area contributed by atoms with Crippen LogP contribution in [0.25, 0.3) is 0 Å². The summed E-state index contributed by atoms with van der Waals surface area (Å²) in [7, 11) is 0. The quantitative estimate of drug-likeness (QED) is 0.878. The van der Waals surface area contributed by atoms with Gasteiger partial charge in [0.05, 0.1) is 6.04 Å². The Hall–Kier alpha value is -1.59. The summed E-state index contributed by atoms with van der Waals surface area (Å²) in [6.45, 7) is 4.83. The van der Waals surface area contributed by atoms with E-state index in [-0.39, 0.29) is 12.1 Å². The summed E-state index contributed by atoms with van der Waals surface area (Å²) in [5.41, 5.74) is 1.03. The van der Waals surface area contributed by atoms with Crippen LogP contribution in [0.1, 0.15) is 12.0 Å². The average Bonchev–Trinajstić information content (AvgIpc) is 3.08. The Morgan fingerprint density at radius 2 is 2.00 bits per heavy atom. The highest BCUT2D eigenvalue weighted by Gasteiger charge is 2.35. The lowest BCUT2D eigenvalue weighted by atomic mass is 9.96. The van der Waals surface area contributed by atoms with Crippen molar-refractivity contribution in [1.82, 2.24) is 15.5 Å². The number of hydrogen-bond donors (Lipinski definition) is 2. The number of nitrogens with zero attached hydrogens (tertiary/aromatic N) is 1. The van der Waals surface area contributed by atoms with Crippen LogP contribution in [-0.2, 0) is 11.3 Å². The summed E-state index contributed by atoms with van der Waals surface area (Å²) in [5, 5.41) is 6.77. The third-order valence-corrected chi connectivity index (χ3v) is 4.37. The third kappa shape index (κ3) is 3.54. The zero-order valence-electron chi connectivity index (χ0n) is 12.3. The lowest BCUT2D eigenvalue weighted by molar-refractivity contribution is 0.0591. The number of amides is 1. The van der Waals surface area contributed by atoms with Crippen LogP contribution < -0.4 is 10.6 Å². The van der Waals surface area contributed by atoms with Crippen LogP contribution in [0.4, 0.5) is 4.79 Å². The van der Waals surface area contributed by atoms with Crippen molar-refractivity contribution in [2.24, 2.45) is 5.92 Å². The van der Waals surface area contributed by atoms with Crippen LogP contribution in [0.15, 0.2) is 30.3 Å². The fourth-order valence-corrected chi connectivity index (χ4v) is 3.18. The van der Waals surface area contributed by atoms with Gasteiger partial charge in [-0.25, -0.2) is 4.79 Å². The smallest absolute Gasteiger partial charge is 0.410 e. The van der Waals surface area contributed by atoms with Gasteiger partial charge in [0.25, 0.3) is 0 Å². The van der Waals surface area contributed by atoms with E-state index in [0.717, 1.165) is 44.7 Å². The van der Waals surface area contributed by atoms with E-state index < -0.39 is 0 Å². The standard InChI is InChI=1S/C16H23N3O2/c20-16(21-12-13-4-2-1-3-5-13)19-9-8-18-11-15(19)14-6-7-17-10-14/h1-5,14-15,17-18H,6-12H2/t14-,15?/m1/s1. The summed E-state index contributed by atoms with van der Waals surface area (Å²) < 4.78 is 5.50. The lowest BCUT2D eigenvalue weighted by Crippen LogP contribution is -2.57. The molecule has 2 saturated heterocycles. The van der Waals surface area contributed by atoms with Gasteiger partial charge in [0.2, 0.25) is 0 Å². The fourth-order valence-electron chi connectivity index (χ4n) is 3.18. The van der Waals surface area contributed by atoms with Crippen molar-refractivity contribution in [3.05, 3.63) is 35.9 Å². The Kier molecular flexibility index (Phi) is 4.72. The van der Waals surface area contributed by atoms with Crippen LogP contribution in [0, 0.1) is 5.92 Å². The van der Waals surface area contributed by atoms with Gasteiger partial charge in [-0.3, -0.25) is 0 Å². The summed E-state index contributed by atoms with van der Waals surface area (Å²) in [6.07, 6.45) is 0.951. The Morgan fingerprint density at radius 3 is 2.76 bits per heavy atom. The first-order chi connectivity index (χ1) is 10.3. The first-order valence-corrected chi connectivity index (χ1v) is 7.73. The molecule has 0 aromatic heterocycles. The molecule has 114 valence electrons. The number of ether oxygens (including phenoxy) is 1. The third-order valence-electron chi connectivity index (χ3n) is 4.37. The second kappa shape index (κ2) is 6.91. The molecule has 2 heterocycles. The number of rotatable bonds is 3. The maximum absolute atomic E-state index is 12.4. The molecule has 5 nitrogen and oxygen atoms in total. The Bertz CT molecular complexity index is 460. The van der Waals surface area contributed by atoms with Gasteiger partial charge < -0.3 is 20.3 Å². The van der Waals surface area contributed by atoms with Crippen molar-refractivity contribution >= 4 is 6.09 Å². The van der Waals surface area contributed by atoms with Gasteiger partial charge >= 0.3 is 6.09 Å². The highest BCUT2D eigenvalue weighted by Crippen LogP contribution is 2.20. The zero-order chi connectivity index (χ0) is 14.5. The number of carbonyl (C=O) groups is 1. The van der Waals surface area contributed by atoms with Crippen LogP contribution in [0.5, 0.6) is 0 Å². The molecule has 1 amide bonds. The van der Waals surface area contributed by atoms with Gasteiger partial charge in [0, 0.05) is 26.2 Å². The van der Waals surface area contributed by atoms with Gasteiger partial charge in [0.1, 0.15) is 6.61 Å². The van der Waals surface area contributed by atoms with E-state index in [0.29, 0.717) is 12.5 Å². The first-order valence-electron chi connectivity index (χ1n) is 7.73. The van der Waals surface area contributed by atoms with Gasteiger partial charge in [-0.05, 0) is 24.4 Å². The molecule has 1 aromatic carbocycles. The van der Waals surface area contributed by atoms with Crippen molar-refractivity contribution < 1.29 is 9.53 Å². The van der Waals surface area contributed by atoms with E-state index in [1.165, 1.54) is 0 Å². The molecular formula is C16H23N3O2. The molecule has 5 heteroatoms. The molecule has 3 rings (SSSR count). The van der Waals surface area contributed by atoms with E-state index in [4.69, 9.17) is 4.74 Å². The molecule has 2 atom stereocenters. The minimum Gasteiger partial charge on any atom is -0.445 e. The highest BCUT2D eigenvalue weighted by atomic mass is 16.6. The second-order valence-corrected chi connectivity index (χ2v) is 5.76. The van der Waals surface area contributed by atoms with Crippen LogP contribution >= 0.6 is 0 Å². The molecule has 0 spiro atoms. The molecular weight excluding hydrogens is 266 g/mol. The van der Waals surface area contributed by atoms with Gasteiger partial charge in [-0.15, -0.1) is 0 Å². The Balaban J connectivity index is 1.58. The van der Waals surface area contributed by atoms with E-state index in [9.17, 15) is 4.79 Å². The van der Waals surface area contributed by atoms with Crippen LogP contribution in [0.3, 0.4) is 0 Å². The molecule has 0 aliphatic carbocycles. The Morgan fingerprint density at radius 1 is 1.19 bits per heavy atom. The van der Waals surface area contributed by atoms with E-state index in [1.807, 2.05) is 35.2 Å². The molecule has 0 bridgehead atoms. The molecule has 0 radical (unpaired) electrons. The monoisotopic (exact) mass is 289 g/mol. The highest BCUT2D eigenvalue weighted by molar-refractivity contribution is 5.68. The molecule has 1 aromatic rings. The molecule has 21 heavy (non-hydrogen) atoms. The minimum absolute atomic E-state index is 0.183. The summed E-state index contributed by atoms with van der Waals surface area (Å²) in [6, 6.07) is 10.1. The summed E-state index contributed by atoms with van der Waals surface area (Å²) in [5.74, 6) is 0.530. The molecule has 2 N–H and O–H groups in total. The number of piperazine rings is 1. The van der Waals surface area contributed by atoms with Gasteiger partial charge in [-0.1, -0.05) is 30.3 Å². The van der Waals surface area contributed by atoms with Crippen molar-refractivity contribution in [3.8, 4) is 0 Å². The second-order valence-electron chi connectivity index (χ2n) is 5.76. The Labute approximate surface area is 125 Å². The maximum Gasteiger partial charge on any atom is 0.410 e. The average molecular weight is 289 g/mol. The SMILES string of the molecule is O=C(OCc1ccccc1)N1CCNCC1[C@@H]1CCNC1. The topological polar surface area (TPSA) is 53.6 Å². The first kappa shape index (κ1) is 14.4. The van der Waals surface area contributed by atoms with Gasteiger partial charge in [-0.2, -0.15) is 0 Å². The van der Waals surface area contributed by atoms with Crippen molar-refractivity contribution in [1.29, 1.82) is 0 Å². The molecule has 2 aliphatic heterocycles. The van der Waals surface area contributed by atoms with Crippen LogP contribution in [0.2, 0.25) is 0 Å². The summed E-state index contributed by atoms with van der Waals surface area (Å²) >= 11 is 0. The molecule has 1 unspecified atom stereocenters. The fraction of sp³-hybridized carbons (Fsp3) is 0.562. The number of hydrogen-bond acceptors (Lipinski definition) is 4. The molecule has 2 fully saturated rings.